The van der Waals surface area contributed by atoms with Crippen LogP contribution in [0.25, 0.3) is 0 Å². The number of carbonyl (C=O) groups excluding carboxylic acids is 3. The van der Waals surface area contributed by atoms with Gasteiger partial charge in [-0.2, -0.15) is 5.01 Å². The molecule has 2 aromatic rings. The number of sulfone groups is 1. The van der Waals surface area contributed by atoms with Crippen molar-refractivity contribution in [3.8, 4) is 5.75 Å². The molecule has 34 heavy (non-hydrogen) atoms. The number of urea groups is 1. The first-order valence-corrected chi connectivity index (χ1v) is 12.4. The first-order chi connectivity index (χ1) is 15.9. The van der Waals surface area contributed by atoms with E-state index < -0.39 is 33.2 Å². The Morgan fingerprint density at radius 3 is 2.26 bits per heavy atom. The molecule has 4 amide bonds. The van der Waals surface area contributed by atoms with E-state index in [0.29, 0.717) is 16.3 Å². The summed E-state index contributed by atoms with van der Waals surface area (Å²) in [7, 11) is -0.0638. The Morgan fingerprint density at radius 2 is 1.74 bits per heavy atom. The number of benzene rings is 2. The number of likely N-dealkylation sites (N-methyl/N-ethyl adjacent to an activating group) is 1. The third kappa shape index (κ3) is 5.05. The first-order valence-electron chi connectivity index (χ1n) is 10.5. The molecule has 1 aliphatic heterocycles. The maximum absolute atomic E-state index is 13.0. The van der Waals surface area contributed by atoms with Gasteiger partial charge in [0.05, 0.1) is 18.6 Å². The molecule has 10 nitrogen and oxygen atoms in total. The molecular formula is C23H28N4O6S. The molecule has 0 aliphatic carbocycles. The van der Waals surface area contributed by atoms with Gasteiger partial charge in [-0.05, 0) is 56.3 Å². The highest BCUT2D eigenvalue weighted by atomic mass is 32.2. The second-order valence-electron chi connectivity index (χ2n) is 8.39. The van der Waals surface area contributed by atoms with E-state index in [0.717, 1.165) is 11.8 Å². The maximum atomic E-state index is 13.0. The summed E-state index contributed by atoms with van der Waals surface area (Å²) in [6, 6.07) is 12.2. The van der Waals surface area contributed by atoms with E-state index in [1.807, 2.05) is 6.92 Å². The highest BCUT2D eigenvalue weighted by Gasteiger charge is 2.50. The molecule has 2 atom stereocenters. The Balaban J connectivity index is 1.65. The Bertz CT molecular complexity index is 1200. The fourth-order valence-electron chi connectivity index (χ4n) is 3.63. The van der Waals surface area contributed by atoms with Crippen LogP contribution in [0.3, 0.4) is 0 Å². The molecule has 3 rings (SSSR count). The maximum Gasteiger partial charge on any atom is 0.344 e. The van der Waals surface area contributed by atoms with E-state index in [1.54, 1.807) is 55.3 Å². The van der Waals surface area contributed by atoms with Gasteiger partial charge in [0.25, 0.3) is 11.8 Å². The summed E-state index contributed by atoms with van der Waals surface area (Å²) >= 11 is 0. The summed E-state index contributed by atoms with van der Waals surface area (Å²) in [6.07, 6.45) is 1.14. The molecule has 0 radical (unpaired) electrons. The van der Waals surface area contributed by atoms with Crippen LogP contribution in [0, 0.1) is 0 Å². The fraction of sp³-hybridized carbons (Fsp3) is 0.348. The molecule has 11 heteroatoms. The molecular weight excluding hydrogens is 460 g/mol. The SMILES string of the molecule is COc1ccc(C2(C)NC(=O)N(NC(=O)CN(C)C(C)c3ccc(S(C)(=O)=O)cc3)C2=O)cc1. The number of nitrogens with zero attached hydrogens (tertiary/aromatic N) is 2. The lowest BCUT2D eigenvalue weighted by Gasteiger charge is -2.26. The lowest BCUT2D eigenvalue weighted by Crippen LogP contribution is -2.50. The quantitative estimate of drug-likeness (QED) is 0.541. The second kappa shape index (κ2) is 9.43. The van der Waals surface area contributed by atoms with E-state index in [9.17, 15) is 22.8 Å². The summed E-state index contributed by atoms with van der Waals surface area (Å²) in [5.74, 6) is -0.551. The highest BCUT2D eigenvalue weighted by Crippen LogP contribution is 2.29. The molecule has 1 fully saturated rings. The number of rotatable bonds is 8. The molecule has 1 heterocycles. The first kappa shape index (κ1) is 25.2. The molecule has 0 spiro atoms. The molecule has 0 saturated carbocycles. The summed E-state index contributed by atoms with van der Waals surface area (Å²) in [4.78, 5) is 40.0. The molecule has 0 aromatic heterocycles. The van der Waals surface area contributed by atoms with Crippen LogP contribution in [-0.4, -0.2) is 63.1 Å². The number of carbonyl (C=O) groups is 3. The zero-order valence-corrected chi connectivity index (χ0v) is 20.5. The Hall–Kier alpha value is -3.44. The Labute approximate surface area is 198 Å². The Morgan fingerprint density at radius 1 is 1.15 bits per heavy atom. The number of hydrazine groups is 1. The average molecular weight is 489 g/mol. The van der Waals surface area contributed by atoms with Gasteiger partial charge < -0.3 is 10.1 Å². The van der Waals surface area contributed by atoms with Gasteiger partial charge in [-0.1, -0.05) is 24.3 Å². The van der Waals surface area contributed by atoms with E-state index >= 15 is 0 Å². The third-order valence-electron chi connectivity index (χ3n) is 5.94. The van der Waals surface area contributed by atoms with Crippen molar-refractivity contribution < 1.29 is 27.5 Å². The zero-order chi connectivity index (χ0) is 25.3. The molecule has 0 bridgehead atoms. The molecule has 2 unspecified atom stereocenters. The van der Waals surface area contributed by atoms with Crippen LogP contribution >= 0.6 is 0 Å². The van der Waals surface area contributed by atoms with Crippen LogP contribution < -0.4 is 15.5 Å². The monoisotopic (exact) mass is 488 g/mol. The average Bonchev–Trinajstić information content (AvgIpc) is 3.01. The molecule has 1 aliphatic rings. The minimum absolute atomic E-state index is 0.106. The van der Waals surface area contributed by atoms with E-state index in [2.05, 4.69) is 10.7 Å². The van der Waals surface area contributed by atoms with Gasteiger partial charge in [-0.3, -0.25) is 19.9 Å². The summed E-state index contributed by atoms with van der Waals surface area (Å²) in [5.41, 5.74) is 2.40. The van der Waals surface area contributed by atoms with Gasteiger partial charge in [-0.15, -0.1) is 0 Å². The van der Waals surface area contributed by atoms with Crippen molar-refractivity contribution in [2.24, 2.45) is 0 Å². The lowest BCUT2D eigenvalue weighted by molar-refractivity contribution is -0.139. The normalized spacial score (nSPS) is 19.2. The van der Waals surface area contributed by atoms with Crippen LogP contribution in [0.2, 0.25) is 0 Å². The number of hydrogen-bond acceptors (Lipinski definition) is 7. The van der Waals surface area contributed by atoms with Crippen LogP contribution in [0.5, 0.6) is 5.75 Å². The van der Waals surface area contributed by atoms with Crippen LogP contribution in [0.1, 0.15) is 31.0 Å². The molecule has 2 aromatic carbocycles. The van der Waals surface area contributed by atoms with Crippen molar-refractivity contribution in [3.63, 3.8) is 0 Å². The minimum atomic E-state index is -3.30. The van der Waals surface area contributed by atoms with Crippen molar-refractivity contribution in [2.75, 3.05) is 27.0 Å². The van der Waals surface area contributed by atoms with Crippen molar-refractivity contribution >= 4 is 27.7 Å². The summed E-state index contributed by atoms with van der Waals surface area (Å²) in [5, 5.41) is 3.31. The summed E-state index contributed by atoms with van der Waals surface area (Å²) < 4.78 is 28.4. The number of hydrogen-bond donors (Lipinski definition) is 2. The van der Waals surface area contributed by atoms with Gasteiger partial charge in [0, 0.05) is 12.3 Å². The van der Waals surface area contributed by atoms with Crippen LogP contribution in [0.4, 0.5) is 4.79 Å². The van der Waals surface area contributed by atoms with Crippen molar-refractivity contribution in [2.45, 2.75) is 30.3 Å². The second-order valence-corrected chi connectivity index (χ2v) is 10.4. The van der Waals surface area contributed by atoms with Gasteiger partial charge in [0.15, 0.2) is 9.84 Å². The third-order valence-corrected chi connectivity index (χ3v) is 7.07. The fourth-order valence-corrected chi connectivity index (χ4v) is 4.26. The number of methoxy groups -OCH3 is 1. The molecule has 182 valence electrons. The van der Waals surface area contributed by atoms with Gasteiger partial charge >= 0.3 is 6.03 Å². The van der Waals surface area contributed by atoms with E-state index in [1.165, 1.54) is 19.2 Å². The van der Waals surface area contributed by atoms with Gasteiger partial charge in [0.2, 0.25) is 0 Å². The number of amides is 4. The standard InChI is InChI=1S/C23H28N4O6S/c1-15(16-6-12-19(13-7-16)34(5,31)32)26(3)14-20(28)25-27-21(29)23(2,24-22(27)30)17-8-10-18(33-4)11-9-17/h6-13,15H,14H2,1-5H3,(H,24,30)(H,25,28). The zero-order valence-electron chi connectivity index (χ0n) is 19.7. The van der Waals surface area contributed by atoms with Gasteiger partial charge in [0.1, 0.15) is 11.3 Å². The number of ether oxygens (including phenoxy) is 1. The van der Waals surface area contributed by atoms with Crippen LogP contribution in [0.15, 0.2) is 53.4 Å². The van der Waals surface area contributed by atoms with Crippen molar-refractivity contribution in [3.05, 3.63) is 59.7 Å². The Kier molecular flexibility index (Phi) is 6.99. The minimum Gasteiger partial charge on any atom is -0.497 e. The van der Waals surface area contributed by atoms with Crippen LogP contribution in [-0.2, 0) is 25.0 Å². The van der Waals surface area contributed by atoms with E-state index in [-0.39, 0.29) is 17.5 Å². The largest absolute Gasteiger partial charge is 0.497 e. The molecule has 2 N–H and O–H groups in total. The topological polar surface area (TPSA) is 125 Å². The number of imide groups is 1. The summed E-state index contributed by atoms with van der Waals surface area (Å²) in [6.45, 7) is 3.32. The number of nitrogens with one attached hydrogen (secondary N) is 2. The predicted molar refractivity (Wildman–Crippen MR) is 124 cm³/mol. The molecule has 1 saturated heterocycles. The smallest absolute Gasteiger partial charge is 0.344 e. The lowest BCUT2D eigenvalue weighted by atomic mass is 9.92. The van der Waals surface area contributed by atoms with Crippen molar-refractivity contribution in [1.82, 2.24) is 20.7 Å². The van der Waals surface area contributed by atoms with E-state index in [4.69, 9.17) is 4.74 Å². The highest BCUT2D eigenvalue weighted by molar-refractivity contribution is 7.90. The van der Waals surface area contributed by atoms with Gasteiger partial charge in [-0.25, -0.2) is 13.2 Å². The predicted octanol–water partition coefficient (Wildman–Crippen LogP) is 1.59. The van der Waals surface area contributed by atoms with Crippen molar-refractivity contribution in [1.29, 1.82) is 0 Å².